The summed E-state index contributed by atoms with van der Waals surface area (Å²) in [5, 5.41) is 12.7. The fourth-order valence-electron chi connectivity index (χ4n) is 4.20. The zero-order chi connectivity index (χ0) is 21.5. The van der Waals surface area contributed by atoms with Crippen molar-refractivity contribution in [2.75, 3.05) is 9.96 Å². The number of nitrogens with zero attached hydrogens (tertiary/aromatic N) is 3. The van der Waals surface area contributed by atoms with Crippen LogP contribution in [0.15, 0.2) is 84.9 Å². The van der Waals surface area contributed by atoms with Crippen LogP contribution in [0.1, 0.15) is 11.6 Å². The van der Waals surface area contributed by atoms with Gasteiger partial charge in [0.1, 0.15) is 5.92 Å². The number of nitro benzene ring substituents is 1. The fraction of sp³-hybridized carbons (Fsp3) is 0.130. The van der Waals surface area contributed by atoms with Gasteiger partial charge in [-0.25, -0.2) is 9.96 Å². The number of amides is 2. The maximum absolute atomic E-state index is 13.4. The van der Waals surface area contributed by atoms with Crippen molar-refractivity contribution in [3.8, 4) is 0 Å². The summed E-state index contributed by atoms with van der Waals surface area (Å²) >= 11 is 0. The van der Waals surface area contributed by atoms with Crippen LogP contribution in [0.25, 0.3) is 0 Å². The van der Waals surface area contributed by atoms with E-state index < -0.39 is 28.9 Å². The van der Waals surface area contributed by atoms with Crippen molar-refractivity contribution in [1.82, 2.24) is 0 Å². The molecule has 8 nitrogen and oxygen atoms in total. The first-order valence-corrected chi connectivity index (χ1v) is 9.74. The van der Waals surface area contributed by atoms with Crippen LogP contribution < -0.4 is 9.96 Å². The largest absolute Gasteiger partial charge is 0.273 e. The van der Waals surface area contributed by atoms with Crippen molar-refractivity contribution < 1.29 is 19.3 Å². The average Bonchev–Trinajstić information content (AvgIpc) is 3.31. The van der Waals surface area contributed by atoms with E-state index in [4.69, 9.17) is 4.84 Å². The van der Waals surface area contributed by atoms with Crippen LogP contribution in [0, 0.1) is 16.0 Å². The number of hydrogen-bond acceptors (Lipinski definition) is 6. The minimum absolute atomic E-state index is 0.103. The van der Waals surface area contributed by atoms with Crippen LogP contribution in [-0.2, 0) is 14.4 Å². The summed E-state index contributed by atoms with van der Waals surface area (Å²) in [5.41, 5.74) is 1.57. The predicted molar refractivity (Wildman–Crippen MR) is 112 cm³/mol. The fourth-order valence-corrected chi connectivity index (χ4v) is 4.20. The van der Waals surface area contributed by atoms with Crippen LogP contribution >= 0.6 is 0 Å². The van der Waals surface area contributed by atoms with Gasteiger partial charge in [0.05, 0.1) is 22.3 Å². The molecule has 0 saturated carbocycles. The van der Waals surface area contributed by atoms with Gasteiger partial charge in [-0.05, 0) is 23.8 Å². The Kier molecular flexibility index (Phi) is 4.48. The van der Waals surface area contributed by atoms with Crippen molar-refractivity contribution in [3.63, 3.8) is 0 Å². The summed E-state index contributed by atoms with van der Waals surface area (Å²) in [6, 6.07) is 23.3. The Morgan fingerprint density at radius 1 is 0.806 bits per heavy atom. The third-order valence-corrected chi connectivity index (χ3v) is 5.57. The summed E-state index contributed by atoms with van der Waals surface area (Å²) in [6.07, 6.45) is -1.02. The lowest BCUT2D eigenvalue weighted by Gasteiger charge is -2.28. The molecule has 2 amide bonds. The number of hydrogen-bond donors (Lipinski definition) is 0. The minimum atomic E-state index is -1.02. The molecule has 0 bridgehead atoms. The van der Waals surface area contributed by atoms with Gasteiger partial charge < -0.3 is 0 Å². The van der Waals surface area contributed by atoms with Gasteiger partial charge >= 0.3 is 0 Å². The Morgan fingerprint density at radius 3 is 2.13 bits per heavy atom. The maximum atomic E-state index is 13.4. The molecule has 2 heterocycles. The zero-order valence-electron chi connectivity index (χ0n) is 16.2. The van der Waals surface area contributed by atoms with E-state index in [0.717, 1.165) is 10.5 Å². The molecule has 2 aliphatic heterocycles. The smallest absolute Gasteiger partial charge is 0.271 e. The number of imide groups is 1. The van der Waals surface area contributed by atoms with Crippen LogP contribution in [0.3, 0.4) is 0 Å². The Bertz CT molecular complexity index is 1170. The molecule has 8 heteroatoms. The van der Waals surface area contributed by atoms with E-state index in [9.17, 15) is 19.7 Å². The van der Waals surface area contributed by atoms with Gasteiger partial charge in [-0.1, -0.05) is 54.6 Å². The highest BCUT2D eigenvalue weighted by Crippen LogP contribution is 2.47. The molecule has 31 heavy (non-hydrogen) atoms. The molecule has 5 rings (SSSR count). The van der Waals surface area contributed by atoms with Crippen molar-refractivity contribution in [2.45, 2.75) is 12.1 Å². The number of non-ortho nitro benzene ring substituents is 1. The molecule has 0 aliphatic carbocycles. The number of rotatable bonds is 4. The molecule has 0 spiro atoms. The van der Waals surface area contributed by atoms with E-state index in [-0.39, 0.29) is 11.6 Å². The van der Waals surface area contributed by atoms with Crippen LogP contribution in [0.5, 0.6) is 0 Å². The topological polar surface area (TPSA) is 93.0 Å². The van der Waals surface area contributed by atoms with E-state index in [1.54, 1.807) is 36.4 Å². The van der Waals surface area contributed by atoms with Crippen molar-refractivity contribution >= 4 is 28.9 Å². The molecule has 3 aromatic rings. The van der Waals surface area contributed by atoms with Gasteiger partial charge in [0.2, 0.25) is 5.91 Å². The number of para-hydroxylation sites is 1. The van der Waals surface area contributed by atoms with E-state index in [2.05, 4.69) is 0 Å². The lowest BCUT2D eigenvalue weighted by atomic mass is 9.90. The van der Waals surface area contributed by atoms with E-state index in [0.29, 0.717) is 11.4 Å². The molecule has 0 aromatic heterocycles. The zero-order valence-corrected chi connectivity index (χ0v) is 16.2. The summed E-state index contributed by atoms with van der Waals surface area (Å²) in [6.45, 7) is 0. The molecule has 0 N–H and O–H groups in total. The molecular weight excluding hydrogens is 398 g/mol. The highest BCUT2D eigenvalue weighted by atomic mass is 16.7. The van der Waals surface area contributed by atoms with Crippen LogP contribution in [0.2, 0.25) is 0 Å². The van der Waals surface area contributed by atoms with Crippen LogP contribution in [0.4, 0.5) is 17.1 Å². The summed E-state index contributed by atoms with van der Waals surface area (Å²) < 4.78 is 0. The Morgan fingerprint density at radius 2 is 1.45 bits per heavy atom. The predicted octanol–water partition coefficient (Wildman–Crippen LogP) is 3.65. The summed E-state index contributed by atoms with van der Waals surface area (Å²) in [4.78, 5) is 44.5. The number of carbonyl (C=O) groups is 2. The second kappa shape index (κ2) is 7.33. The van der Waals surface area contributed by atoms with E-state index in [1.807, 2.05) is 36.4 Å². The number of hydroxylamine groups is 1. The standard InChI is InChI=1S/C23H17N3O5/c27-22-19-20(15-8-3-1-4-9-15)25(17-12-7-13-18(14-17)26(29)30)31-21(19)23(28)24(22)16-10-5-2-6-11-16/h1-14,19-21H. The van der Waals surface area contributed by atoms with E-state index >= 15 is 0 Å². The normalized spacial score (nSPS) is 22.6. The van der Waals surface area contributed by atoms with Gasteiger partial charge in [-0.15, -0.1) is 0 Å². The number of anilines is 2. The third kappa shape index (κ3) is 3.04. The first-order valence-electron chi connectivity index (χ1n) is 9.74. The third-order valence-electron chi connectivity index (χ3n) is 5.57. The Balaban J connectivity index is 1.59. The first kappa shape index (κ1) is 19.0. The molecule has 3 aromatic carbocycles. The number of benzene rings is 3. The second-order valence-electron chi connectivity index (χ2n) is 7.36. The molecular formula is C23H17N3O5. The summed E-state index contributed by atoms with van der Waals surface area (Å²) in [7, 11) is 0. The molecule has 2 saturated heterocycles. The number of nitro groups is 1. The van der Waals surface area contributed by atoms with Gasteiger partial charge in [-0.3, -0.25) is 24.5 Å². The van der Waals surface area contributed by atoms with Gasteiger partial charge in [-0.2, -0.15) is 0 Å². The number of fused-ring (bicyclic) bond motifs is 1. The summed E-state index contributed by atoms with van der Waals surface area (Å²) in [5.74, 6) is -1.59. The molecule has 3 unspecified atom stereocenters. The maximum Gasteiger partial charge on any atom is 0.271 e. The van der Waals surface area contributed by atoms with Crippen molar-refractivity contribution in [3.05, 3.63) is 101 Å². The van der Waals surface area contributed by atoms with Crippen molar-refractivity contribution in [1.29, 1.82) is 0 Å². The van der Waals surface area contributed by atoms with Gasteiger partial charge in [0, 0.05) is 12.1 Å². The van der Waals surface area contributed by atoms with Gasteiger partial charge in [0.15, 0.2) is 6.10 Å². The molecule has 2 aliphatic rings. The molecule has 154 valence electrons. The monoisotopic (exact) mass is 415 g/mol. The lowest BCUT2D eigenvalue weighted by molar-refractivity contribution is -0.384. The SMILES string of the molecule is O=C1C2ON(c3cccc([N+](=O)[O-])c3)C(c3ccccc3)C2C(=O)N1c1ccccc1. The minimum Gasteiger partial charge on any atom is -0.273 e. The quantitative estimate of drug-likeness (QED) is 0.367. The molecule has 0 radical (unpaired) electrons. The first-order chi connectivity index (χ1) is 15.1. The second-order valence-corrected chi connectivity index (χ2v) is 7.36. The average molecular weight is 415 g/mol. The Hall–Kier alpha value is -4.04. The lowest BCUT2D eigenvalue weighted by Crippen LogP contribution is -2.37. The van der Waals surface area contributed by atoms with Gasteiger partial charge in [0.25, 0.3) is 11.6 Å². The van der Waals surface area contributed by atoms with E-state index in [1.165, 1.54) is 17.2 Å². The highest BCUT2D eigenvalue weighted by molar-refractivity contribution is 6.23. The molecule has 3 atom stereocenters. The van der Waals surface area contributed by atoms with Crippen LogP contribution in [-0.4, -0.2) is 22.8 Å². The molecule has 2 fully saturated rings. The van der Waals surface area contributed by atoms with Crippen molar-refractivity contribution in [2.24, 2.45) is 5.92 Å². The Labute approximate surface area is 177 Å². The number of carbonyl (C=O) groups excluding carboxylic acids is 2. The highest BCUT2D eigenvalue weighted by Gasteiger charge is 2.60.